The predicted octanol–water partition coefficient (Wildman–Crippen LogP) is 1.81. The first-order valence-corrected chi connectivity index (χ1v) is 6.70. The molecule has 1 fully saturated rings. The number of rotatable bonds is 3. The summed E-state index contributed by atoms with van der Waals surface area (Å²) in [7, 11) is 4.68. The van der Waals surface area contributed by atoms with Crippen molar-refractivity contribution in [2.24, 2.45) is 0 Å². The Balaban J connectivity index is 2.50. The van der Waals surface area contributed by atoms with Crippen LogP contribution in [0.1, 0.15) is 0 Å². The number of imide groups is 1. The molecule has 1 atom stereocenters. The van der Waals surface area contributed by atoms with Gasteiger partial charge in [-0.3, -0.25) is 19.9 Å². The van der Waals surface area contributed by atoms with Crippen molar-refractivity contribution in [3.8, 4) is 0 Å². The largest absolute Gasteiger partial charge is 0.335 e. The van der Waals surface area contributed by atoms with E-state index in [0.29, 0.717) is 11.0 Å². The average molecular weight is 346 g/mol. The van der Waals surface area contributed by atoms with Gasteiger partial charge < -0.3 is 5.32 Å². The van der Waals surface area contributed by atoms with Gasteiger partial charge in [-0.25, -0.2) is 18.9 Å². The molecule has 23 heavy (non-hydrogen) atoms. The van der Waals surface area contributed by atoms with Crippen LogP contribution in [-0.4, -0.2) is 54.2 Å². The van der Waals surface area contributed by atoms with Crippen molar-refractivity contribution in [2.75, 3.05) is 26.0 Å². The van der Waals surface area contributed by atoms with E-state index in [1.807, 2.05) is 0 Å². The molecule has 1 unspecified atom stereocenters. The molecule has 1 saturated heterocycles. The summed E-state index contributed by atoms with van der Waals surface area (Å²) in [5, 5.41) is 13.0. The molecule has 0 bridgehead atoms. The monoisotopic (exact) mass is 345 g/mol. The van der Waals surface area contributed by atoms with Gasteiger partial charge in [0.05, 0.1) is 10.6 Å². The Bertz CT molecular complexity index is 698. The van der Waals surface area contributed by atoms with Crippen LogP contribution in [0.5, 0.6) is 0 Å². The maximum absolute atomic E-state index is 14.1. The molecule has 1 aliphatic rings. The zero-order chi connectivity index (χ0) is 17.5. The maximum atomic E-state index is 14.1. The maximum Gasteiger partial charge on any atom is 0.335 e. The van der Waals surface area contributed by atoms with Crippen LogP contribution in [0.2, 0.25) is 5.02 Å². The summed E-state index contributed by atoms with van der Waals surface area (Å²) in [6.45, 7) is 0. The second kappa shape index (κ2) is 5.97. The fraction of sp³-hybridized carbons (Fsp3) is 0.333. The topological polar surface area (TPSA) is 99.0 Å². The molecule has 1 aromatic rings. The number of halogens is 2. The van der Waals surface area contributed by atoms with Gasteiger partial charge in [0.2, 0.25) is 0 Å². The number of carbonyl (C=O) groups is 2. The van der Waals surface area contributed by atoms with Crippen LogP contribution in [-0.2, 0) is 0 Å². The van der Waals surface area contributed by atoms with Gasteiger partial charge in [0.15, 0.2) is 6.29 Å². The van der Waals surface area contributed by atoms with Crippen molar-refractivity contribution in [2.45, 2.75) is 6.29 Å². The van der Waals surface area contributed by atoms with Crippen molar-refractivity contribution in [1.29, 1.82) is 0 Å². The van der Waals surface area contributed by atoms with E-state index < -0.39 is 45.5 Å². The molecule has 124 valence electrons. The minimum absolute atomic E-state index is 0.430. The second-order valence-electron chi connectivity index (χ2n) is 5.03. The normalized spacial score (nSPS) is 18.4. The summed E-state index contributed by atoms with van der Waals surface area (Å²) in [6, 6.07) is -0.294. The molecule has 1 heterocycles. The molecule has 11 heteroatoms. The minimum Gasteiger partial charge on any atom is -0.304 e. The highest BCUT2D eigenvalue weighted by Gasteiger charge is 2.40. The highest BCUT2D eigenvalue weighted by atomic mass is 35.5. The molecule has 1 N–H and O–H groups in total. The molecule has 1 aliphatic heterocycles. The molecule has 4 amide bonds. The van der Waals surface area contributed by atoms with E-state index >= 15 is 0 Å². The number of amides is 4. The Morgan fingerprint density at radius 1 is 1.39 bits per heavy atom. The Morgan fingerprint density at radius 3 is 2.52 bits per heavy atom. The number of carbonyl (C=O) groups excluding carboxylic acids is 2. The molecule has 1 aromatic carbocycles. The third-order valence-corrected chi connectivity index (χ3v) is 3.56. The number of nitro benzene ring substituents is 1. The number of nitro groups is 1. The Kier molecular flexibility index (Phi) is 4.39. The molecular weight excluding hydrogens is 333 g/mol. The number of benzene rings is 1. The first kappa shape index (κ1) is 16.9. The van der Waals surface area contributed by atoms with Crippen molar-refractivity contribution in [3.63, 3.8) is 0 Å². The SMILES string of the molecule is CN(C)C1NC(=O)N(c2cc([N+](=O)[O-])c(Cl)cc2F)C(=O)N1C. The summed E-state index contributed by atoms with van der Waals surface area (Å²) >= 11 is 5.60. The summed E-state index contributed by atoms with van der Waals surface area (Å²) in [5.41, 5.74) is -1.16. The van der Waals surface area contributed by atoms with Crippen LogP contribution in [0.4, 0.5) is 25.4 Å². The fourth-order valence-corrected chi connectivity index (χ4v) is 2.37. The Labute approximate surface area is 135 Å². The van der Waals surface area contributed by atoms with E-state index in [9.17, 15) is 24.1 Å². The van der Waals surface area contributed by atoms with Crippen LogP contribution in [0.15, 0.2) is 12.1 Å². The smallest absolute Gasteiger partial charge is 0.304 e. The molecule has 0 aliphatic carbocycles. The third kappa shape index (κ3) is 2.90. The van der Waals surface area contributed by atoms with Crippen molar-refractivity contribution in [3.05, 3.63) is 33.1 Å². The van der Waals surface area contributed by atoms with E-state index in [-0.39, 0.29) is 0 Å². The average Bonchev–Trinajstić information content (AvgIpc) is 2.44. The van der Waals surface area contributed by atoms with Gasteiger partial charge in [-0.2, -0.15) is 0 Å². The summed E-state index contributed by atoms with van der Waals surface area (Å²) in [5.74, 6) is -1.03. The van der Waals surface area contributed by atoms with Gasteiger partial charge in [0.1, 0.15) is 10.8 Å². The molecule has 9 nitrogen and oxygen atoms in total. The van der Waals surface area contributed by atoms with Crippen LogP contribution in [0, 0.1) is 15.9 Å². The quantitative estimate of drug-likeness (QED) is 0.665. The summed E-state index contributed by atoms with van der Waals surface area (Å²) in [4.78, 5) is 37.8. The lowest BCUT2D eigenvalue weighted by molar-refractivity contribution is -0.384. The first-order valence-electron chi connectivity index (χ1n) is 6.32. The standard InChI is InChI=1S/C12H13ClFN5O4/c1-16(2)10-15-11(20)18(12(21)17(10)3)9-5-8(19(22)23)6(13)4-7(9)14/h4-5,10H,1-3H3,(H,15,20). The minimum atomic E-state index is -1.03. The van der Waals surface area contributed by atoms with Gasteiger partial charge >= 0.3 is 12.1 Å². The highest BCUT2D eigenvalue weighted by Crippen LogP contribution is 2.33. The first-order chi connectivity index (χ1) is 10.6. The molecule has 0 radical (unpaired) electrons. The van der Waals surface area contributed by atoms with E-state index in [2.05, 4.69) is 5.32 Å². The lowest BCUT2D eigenvalue weighted by Gasteiger charge is -2.41. The Hall–Kier alpha value is -2.46. The van der Waals surface area contributed by atoms with Crippen molar-refractivity contribution < 1.29 is 18.9 Å². The molecule has 0 aromatic heterocycles. The van der Waals surface area contributed by atoms with Crippen LogP contribution in [0.3, 0.4) is 0 Å². The fourth-order valence-electron chi connectivity index (χ4n) is 2.15. The van der Waals surface area contributed by atoms with Gasteiger partial charge in [-0.05, 0) is 14.1 Å². The van der Waals surface area contributed by atoms with Crippen molar-refractivity contribution in [1.82, 2.24) is 15.1 Å². The zero-order valence-corrected chi connectivity index (χ0v) is 13.2. The van der Waals surface area contributed by atoms with Crippen molar-refractivity contribution >= 4 is 35.0 Å². The van der Waals surface area contributed by atoms with Crippen LogP contribution < -0.4 is 10.2 Å². The number of nitrogens with one attached hydrogen (secondary N) is 1. The molecule has 2 rings (SSSR count). The van der Waals surface area contributed by atoms with Crippen LogP contribution >= 0.6 is 11.6 Å². The van der Waals surface area contributed by atoms with Gasteiger partial charge in [-0.15, -0.1) is 0 Å². The molecule has 0 saturated carbocycles. The molecular formula is C12H13ClFN5O4. The molecule has 0 spiro atoms. The number of hydrogen-bond donors (Lipinski definition) is 1. The second-order valence-corrected chi connectivity index (χ2v) is 5.44. The lowest BCUT2D eigenvalue weighted by Crippen LogP contribution is -2.68. The highest BCUT2D eigenvalue weighted by molar-refractivity contribution is 6.33. The van der Waals surface area contributed by atoms with Gasteiger partial charge in [-0.1, -0.05) is 11.6 Å². The lowest BCUT2D eigenvalue weighted by atomic mass is 10.2. The third-order valence-electron chi connectivity index (χ3n) is 3.26. The number of urea groups is 2. The van der Waals surface area contributed by atoms with Crippen LogP contribution in [0.25, 0.3) is 0 Å². The summed E-state index contributed by atoms with van der Waals surface area (Å²) < 4.78 is 14.1. The van der Waals surface area contributed by atoms with E-state index in [4.69, 9.17) is 11.6 Å². The Morgan fingerprint density at radius 2 is 2.00 bits per heavy atom. The van der Waals surface area contributed by atoms with E-state index in [1.54, 1.807) is 19.0 Å². The number of anilines is 1. The number of nitrogens with zero attached hydrogens (tertiary/aromatic N) is 4. The van der Waals surface area contributed by atoms with Gasteiger partial charge in [0.25, 0.3) is 5.69 Å². The van der Waals surface area contributed by atoms with E-state index in [0.717, 1.165) is 11.0 Å². The predicted molar refractivity (Wildman–Crippen MR) is 79.7 cm³/mol. The zero-order valence-electron chi connectivity index (χ0n) is 12.4. The number of hydrogen-bond acceptors (Lipinski definition) is 5. The van der Waals surface area contributed by atoms with E-state index in [1.165, 1.54) is 7.05 Å². The summed E-state index contributed by atoms with van der Waals surface area (Å²) in [6.07, 6.45) is -0.725. The van der Waals surface area contributed by atoms with Gasteiger partial charge in [0, 0.05) is 19.2 Å².